The fourth-order valence-corrected chi connectivity index (χ4v) is 4.22. The quantitative estimate of drug-likeness (QED) is 0.828. The zero-order valence-electron chi connectivity index (χ0n) is 17.8. The molecule has 30 heavy (non-hydrogen) atoms. The highest BCUT2D eigenvalue weighted by molar-refractivity contribution is 6.05. The zero-order chi connectivity index (χ0) is 21.1. The van der Waals surface area contributed by atoms with Crippen molar-refractivity contribution in [1.82, 2.24) is 9.80 Å². The molecule has 0 aromatic heterocycles. The number of likely N-dealkylation sites (N-methyl/N-ethyl adjacent to an activating group) is 1. The predicted molar refractivity (Wildman–Crippen MR) is 120 cm³/mol. The Morgan fingerprint density at radius 2 is 1.53 bits per heavy atom. The minimum Gasteiger partial charge on any atom is -0.370 e. The van der Waals surface area contributed by atoms with Gasteiger partial charge in [-0.05, 0) is 81.9 Å². The van der Waals surface area contributed by atoms with Gasteiger partial charge in [-0.15, -0.1) is 0 Å². The lowest BCUT2D eigenvalue weighted by molar-refractivity contribution is 0.0792. The van der Waals surface area contributed by atoms with Crippen LogP contribution < -0.4 is 10.2 Å². The molecule has 1 N–H and O–H groups in total. The molecule has 2 aliphatic heterocycles. The van der Waals surface area contributed by atoms with Crippen molar-refractivity contribution in [2.24, 2.45) is 0 Å². The average Bonchev–Trinajstić information content (AvgIpc) is 3.46. The van der Waals surface area contributed by atoms with E-state index in [0.717, 1.165) is 44.7 Å². The Kier molecular flexibility index (Phi) is 6.04. The van der Waals surface area contributed by atoms with Gasteiger partial charge in [0.2, 0.25) is 0 Å². The molecule has 2 heterocycles. The number of carbonyl (C=O) groups excluding carboxylic acids is 2. The molecule has 0 radical (unpaired) electrons. The van der Waals surface area contributed by atoms with E-state index < -0.39 is 0 Å². The van der Waals surface area contributed by atoms with Gasteiger partial charge in [0.15, 0.2) is 0 Å². The highest BCUT2D eigenvalue weighted by Crippen LogP contribution is 2.24. The lowest BCUT2D eigenvalue weighted by Gasteiger charge is -2.22. The summed E-state index contributed by atoms with van der Waals surface area (Å²) in [4.78, 5) is 31.6. The Labute approximate surface area is 178 Å². The molecule has 2 fully saturated rings. The summed E-state index contributed by atoms with van der Waals surface area (Å²) in [5, 5.41) is 2.95. The van der Waals surface area contributed by atoms with E-state index in [1.54, 1.807) is 24.3 Å². The van der Waals surface area contributed by atoms with Crippen LogP contribution in [0.3, 0.4) is 0 Å². The molecular formula is C24H30N4O2. The van der Waals surface area contributed by atoms with E-state index in [4.69, 9.17) is 0 Å². The molecule has 2 aliphatic rings. The Bertz CT molecular complexity index is 886. The van der Waals surface area contributed by atoms with Gasteiger partial charge in [0.05, 0.1) is 0 Å². The van der Waals surface area contributed by atoms with Gasteiger partial charge < -0.3 is 20.0 Å². The van der Waals surface area contributed by atoms with Crippen LogP contribution in [0.4, 0.5) is 11.4 Å². The first kappa shape index (κ1) is 20.4. The first-order chi connectivity index (χ1) is 14.5. The normalized spacial score (nSPS) is 18.8. The van der Waals surface area contributed by atoms with E-state index in [0.29, 0.717) is 17.2 Å². The Morgan fingerprint density at radius 3 is 2.13 bits per heavy atom. The van der Waals surface area contributed by atoms with Gasteiger partial charge in [0, 0.05) is 54.7 Å². The van der Waals surface area contributed by atoms with E-state index in [1.807, 2.05) is 17.0 Å². The molecule has 0 bridgehead atoms. The highest BCUT2D eigenvalue weighted by Gasteiger charge is 2.24. The first-order valence-electron chi connectivity index (χ1n) is 10.7. The van der Waals surface area contributed by atoms with Crippen LogP contribution >= 0.6 is 0 Å². The van der Waals surface area contributed by atoms with Crippen molar-refractivity contribution < 1.29 is 9.59 Å². The number of hydrogen-bond donors (Lipinski definition) is 1. The Hall–Kier alpha value is -2.86. The van der Waals surface area contributed by atoms with Crippen LogP contribution in [0.15, 0.2) is 48.5 Å². The summed E-state index contributed by atoms with van der Waals surface area (Å²) in [5.41, 5.74) is 3.14. The number of hydrogen-bond acceptors (Lipinski definition) is 4. The average molecular weight is 407 g/mol. The van der Waals surface area contributed by atoms with Crippen LogP contribution in [-0.4, -0.2) is 67.9 Å². The van der Waals surface area contributed by atoms with Gasteiger partial charge in [-0.25, -0.2) is 0 Å². The third-order valence-corrected chi connectivity index (χ3v) is 6.17. The molecule has 2 aromatic carbocycles. The minimum absolute atomic E-state index is 0.0495. The van der Waals surface area contributed by atoms with Crippen molar-refractivity contribution in [3.63, 3.8) is 0 Å². The zero-order valence-corrected chi connectivity index (χ0v) is 17.8. The van der Waals surface area contributed by atoms with E-state index in [1.165, 1.54) is 12.1 Å². The molecule has 158 valence electrons. The molecule has 4 rings (SSSR count). The maximum atomic E-state index is 12.6. The summed E-state index contributed by atoms with van der Waals surface area (Å²) < 4.78 is 0. The topological polar surface area (TPSA) is 55.9 Å². The molecule has 0 spiro atoms. The molecule has 6 heteroatoms. The smallest absolute Gasteiger partial charge is 0.255 e. The van der Waals surface area contributed by atoms with Crippen LogP contribution in [0.25, 0.3) is 0 Å². The lowest BCUT2D eigenvalue weighted by Crippen LogP contribution is -2.31. The largest absolute Gasteiger partial charge is 0.370 e. The highest BCUT2D eigenvalue weighted by atomic mass is 16.2. The summed E-state index contributed by atoms with van der Waals surface area (Å²) in [7, 11) is 4.25. The van der Waals surface area contributed by atoms with Crippen molar-refractivity contribution in [2.75, 3.05) is 50.5 Å². The standard InChI is InChI=1S/C24H30N4O2/c1-26(2)22-13-16-28(17-22)21-11-9-20(10-12-21)25-23(29)18-5-7-19(8-6-18)24(30)27-14-3-4-15-27/h5-12,22H,3-4,13-17H2,1-2H3,(H,25,29). The number of nitrogens with one attached hydrogen (secondary N) is 1. The summed E-state index contributed by atoms with van der Waals surface area (Å²) in [6.45, 7) is 3.73. The van der Waals surface area contributed by atoms with E-state index in [2.05, 4.69) is 41.3 Å². The second kappa shape index (κ2) is 8.88. The summed E-state index contributed by atoms with van der Waals surface area (Å²) >= 11 is 0. The van der Waals surface area contributed by atoms with Gasteiger partial charge in [0.25, 0.3) is 11.8 Å². The third kappa shape index (κ3) is 4.49. The number of rotatable bonds is 5. The molecule has 6 nitrogen and oxygen atoms in total. The number of nitrogens with zero attached hydrogens (tertiary/aromatic N) is 3. The fourth-order valence-electron chi connectivity index (χ4n) is 4.22. The van der Waals surface area contributed by atoms with E-state index in [-0.39, 0.29) is 11.8 Å². The van der Waals surface area contributed by atoms with E-state index >= 15 is 0 Å². The molecule has 0 aliphatic carbocycles. The number of amides is 2. The molecule has 0 saturated carbocycles. The third-order valence-electron chi connectivity index (χ3n) is 6.17. The lowest BCUT2D eigenvalue weighted by atomic mass is 10.1. The fraction of sp³-hybridized carbons (Fsp3) is 0.417. The number of benzene rings is 2. The number of anilines is 2. The summed E-state index contributed by atoms with van der Waals surface area (Å²) in [6, 6.07) is 15.5. The monoisotopic (exact) mass is 406 g/mol. The van der Waals surface area contributed by atoms with Crippen molar-refractivity contribution in [3.05, 3.63) is 59.7 Å². The summed E-state index contributed by atoms with van der Waals surface area (Å²) in [5.74, 6) is -0.120. The molecule has 1 atom stereocenters. The molecule has 2 aromatic rings. The molecule has 1 unspecified atom stereocenters. The van der Waals surface area contributed by atoms with E-state index in [9.17, 15) is 9.59 Å². The van der Waals surface area contributed by atoms with Crippen LogP contribution in [0, 0.1) is 0 Å². The first-order valence-corrected chi connectivity index (χ1v) is 10.7. The molecule has 2 saturated heterocycles. The maximum absolute atomic E-state index is 12.6. The van der Waals surface area contributed by atoms with Gasteiger partial charge in [0.1, 0.15) is 0 Å². The van der Waals surface area contributed by atoms with Crippen molar-refractivity contribution in [2.45, 2.75) is 25.3 Å². The second-order valence-electron chi connectivity index (χ2n) is 8.43. The molecule has 2 amide bonds. The van der Waals surface area contributed by atoms with Crippen LogP contribution in [0.1, 0.15) is 40.0 Å². The van der Waals surface area contributed by atoms with Crippen molar-refractivity contribution in [1.29, 1.82) is 0 Å². The van der Waals surface area contributed by atoms with Gasteiger partial charge >= 0.3 is 0 Å². The van der Waals surface area contributed by atoms with Crippen molar-refractivity contribution >= 4 is 23.2 Å². The number of likely N-dealkylation sites (tertiary alicyclic amines) is 1. The van der Waals surface area contributed by atoms with Crippen molar-refractivity contribution in [3.8, 4) is 0 Å². The molecular weight excluding hydrogens is 376 g/mol. The summed E-state index contributed by atoms with van der Waals surface area (Å²) in [6.07, 6.45) is 3.31. The van der Waals surface area contributed by atoms with Crippen LogP contribution in [0.2, 0.25) is 0 Å². The van der Waals surface area contributed by atoms with Gasteiger partial charge in [-0.2, -0.15) is 0 Å². The SMILES string of the molecule is CN(C)C1CCN(c2ccc(NC(=O)c3ccc(C(=O)N4CCCC4)cc3)cc2)C1. The Balaban J connectivity index is 1.35. The minimum atomic E-state index is -0.170. The van der Waals surface area contributed by atoms with Crippen LogP contribution in [0.5, 0.6) is 0 Å². The second-order valence-corrected chi connectivity index (χ2v) is 8.43. The predicted octanol–water partition coefficient (Wildman–Crippen LogP) is 3.32. The van der Waals surface area contributed by atoms with Crippen LogP contribution in [-0.2, 0) is 0 Å². The Morgan fingerprint density at radius 1 is 0.900 bits per heavy atom. The number of carbonyl (C=O) groups is 2. The van der Waals surface area contributed by atoms with Gasteiger partial charge in [-0.3, -0.25) is 9.59 Å². The maximum Gasteiger partial charge on any atom is 0.255 e. The van der Waals surface area contributed by atoms with Gasteiger partial charge in [-0.1, -0.05) is 0 Å².